The van der Waals surface area contributed by atoms with Crippen LogP contribution in [0.1, 0.15) is 90.1 Å². The van der Waals surface area contributed by atoms with Crippen LogP contribution in [-0.2, 0) is 61.4 Å². The zero-order valence-electron chi connectivity index (χ0n) is 60.2. The number of aliphatic hydroxyl groups is 2. The lowest BCUT2D eigenvalue weighted by molar-refractivity contribution is -0.466. The van der Waals surface area contributed by atoms with E-state index in [1.54, 1.807) is 81.6 Å². The minimum absolute atomic E-state index is 0.0423. The van der Waals surface area contributed by atoms with E-state index in [9.17, 15) is 36.3 Å². The Morgan fingerprint density at radius 2 is 0.676 bits per heavy atom. The van der Waals surface area contributed by atoms with Gasteiger partial charge in [0.1, 0.15) is 52.5 Å². The van der Waals surface area contributed by atoms with E-state index in [4.69, 9.17) is 42.5 Å². The van der Waals surface area contributed by atoms with Gasteiger partial charge in [-0.1, -0.05) is 23.2 Å². The van der Waals surface area contributed by atoms with Crippen molar-refractivity contribution in [2.75, 3.05) is 162 Å². The van der Waals surface area contributed by atoms with Gasteiger partial charge in [0.15, 0.2) is 0 Å². The molecule has 10 rings (SSSR count). The van der Waals surface area contributed by atoms with E-state index in [1.165, 1.54) is 30.3 Å². The maximum absolute atomic E-state index is 14.2. The molecule has 558 valence electrons. The molecule has 0 aromatic heterocycles. The summed E-state index contributed by atoms with van der Waals surface area (Å²) in [5, 5.41) is 29.1. The van der Waals surface area contributed by atoms with Gasteiger partial charge in [-0.25, -0.2) is 54.4 Å². The first-order chi connectivity index (χ1) is 48.5. The molecule has 5 aromatic rings. The molecule has 5 aromatic carbocycles. The number of nitrogens with zero attached hydrogens (tertiary/aromatic N) is 10. The first-order valence-electron chi connectivity index (χ1n) is 33.9. The lowest BCUT2D eigenvalue weighted by Gasteiger charge is -2.37. The van der Waals surface area contributed by atoms with Crippen molar-refractivity contribution >= 4 is 58.8 Å². The van der Waals surface area contributed by atoms with Crippen LogP contribution in [0.4, 0.5) is 64.8 Å². The van der Waals surface area contributed by atoms with Crippen molar-refractivity contribution in [3.63, 3.8) is 0 Å². The second kappa shape index (κ2) is 40.5. The van der Waals surface area contributed by atoms with E-state index in [2.05, 4.69) is 29.7 Å². The molecule has 102 heavy (non-hydrogen) atoms. The molecule has 5 aliphatic rings. The molecule has 4 N–H and O–H groups in total. The number of nitrogens with one attached hydrogen (secondary N) is 2. The van der Waals surface area contributed by atoms with Crippen LogP contribution in [0.25, 0.3) is 9.69 Å². The molecule has 0 spiro atoms. The average molecular weight is 1450 g/mol. The van der Waals surface area contributed by atoms with Gasteiger partial charge in [-0.05, 0) is 152 Å². The number of piperazine rings is 5. The minimum atomic E-state index is -0.531. The fourth-order valence-corrected chi connectivity index (χ4v) is 11.1. The summed E-state index contributed by atoms with van der Waals surface area (Å²) in [4.78, 5) is 62.3. The molecular formula is C73H99F5N12O11S. The Kier molecular flexibility index (Phi) is 32.7. The van der Waals surface area contributed by atoms with E-state index in [1.807, 2.05) is 86.8 Å². The third-order valence-corrected chi connectivity index (χ3v) is 16.2. The summed E-state index contributed by atoms with van der Waals surface area (Å²) < 4.78 is 90.0. The van der Waals surface area contributed by atoms with Gasteiger partial charge in [-0.2, -0.15) is 0 Å². The monoisotopic (exact) mass is 1450 g/mol. The first-order valence-corrected chi connectivity index (χ1v) is 35.1. The van der Waals surface area contributed by atoms with Gasteiger partial charge < -0.3 is 83.9 Å². The summed E-state index contributed by atoms with van der Waals surface area (Å²) in [5.74, 6) is -1.35. The van der Waals surface area contributed by atoms with E-state index < -0.39 is 16.8 Å². The summed E-state index contributed by atoms with van der Waals surface area (Å²) in [5.41, 5.74) is 4.95. The second-order valence-corrected chi connectivity index (χ2v) is 27.7. The van der Waals surface area contributed by atoms with E-state index >= 15 is 0 Å². The Morgan fingerprint density at radius 3 is 0.941 bits per heavy atom. The van der Waals surface area contributed by atoms with Crippen molar-refractivity contribution in [2.45, 2.75) is 112 Å². The van der Waals surface area contributed by atoms with Gasteiger partial charge >= 0.3 is 18.3 Å². The summed E-state index contributed by atoms with van der Waals surface area (Å²) in [6.45, 7) is 43.6. The summed E-state index contributed by atoms with van der Waals surface area (Å²) in [6, 6.07) is 23.7. The largest absolute Gasteiger partial charge is 0.444 e. The molecule has 23 nitrogen and oxygen atoms in total. The number of anilines is 5. The zero-order valence-corrected chi connectivity index (χ0v) is 61.0. The number of carbonyl (C=O) groups is 3. The maximum atomic E-state index is 14.2. The smallest absolute Gasteiger partial charge is 0.410 e. The van der Waals surface area contributed by atoms with Crippen LogP contribution >= 0.6 is 12.0 Å². The SMILES string of the molecule is CC(C)(C)OC(=O)N1CCN(c2cc(CO)ccc2F)CC1.CSOOOCc1ccc(F)c(N2CCN(C(=O)OC(C)(C)C)CC2)c1.OCc1ccc(F)c(N2CCNCC2)c1.[C-]#[N+]Cc1ccc(F)c(N2CCN(C(=O)OC(C)(C)C)CC2)c1.[C-]#[N+]Cc1ccc(F)c(N2CCNCC2)c1. The number of benzene rings is 5. The normalized spacial score (nSPS) is 15.7. The molecule has 3 amide bonds. The van der Waals surface area contributed by atoms with E-state index in [-0.39, 0.29) is 73.7 Å². The maximum Gasteiger partial charge on any atom is 0.410 e. The third-order valence-electron chi connectivity index (χ3n) is 16.0. The van der Waals surface area contributed by atoms with Crippen molar-refractivity contribution < 1.29 is 75.0 Å². The minimum Gasteiger partial charge on any atom is -0.444 e. The predicted molar refractivity (Wildman–Crippen MR) is 385 cm³/mol. The molecule has 5 aliphatic heterocycles. The first kappa shape index (κ1) is 82.6. The number of hydrogen-bond donors (Lipinski definition) is 4. The molecule has 0 atom stereocenters. The van der Waals surface area contributed by atoms with E-state index in [0.29, 0.717) is 119 Å². The predicted octanol–water partition coefficient (Wildman–Crippen LogP) is 11.6. The number of halogens is 5. The number of carbonyl (C=O) groups excluding carboxylic acids is 3. The quantitative estimate of drug-likeness (QED) is 0.0155. The second-order valence-electron chi connectivity index (χ2n) is 27.3. The molecule has 0 unspecified atom stereocenters. The van der Waals surface area contributed by atoms with Crippen LogP contribution in [0, 0.1) is 42.2 Å². The Labute approximate surface area is 601 Å². The van der Waals surface area contributed by atoms with Crippen LogP contribution < -0.4 is 35.1 Å². The lowest BCUT2D eigenvalue weighted by atomic mass is 10.1. The molecule has 0 bridgehead atoms. The molecule has 5 heterocycles. The third kappa shape index (κ3) is 27.4. The van der Waals surface area contributed by atoms with Gasteiger partial charge in [-0.15, -0.1) is 4.33 Å². The van der Waals surface area contributed by atoms with Crippen LogP contribution in [0.2, 0.25) is 0 Å². The van der Waals surface area contributed by atoms with Crippen molar-refractivity contribution in [1.82, 2.24) is 25.3 Å². The van der Waals surface area contributed by atoms with Gasteiger partial charge in [0.25, 0.3) is 0 Å². The van der Waals surface area contributed by atoms with Crippen LogP contribution in [0.5, 0.6) is 0 Å². The Balaban J connectivity index is 0.000000203. The average Bonchev–Trinajstić information content (AvgIpc) is 0.837. The Morgan fingerprint density at radius 1 is 0.422 bits per heavy atom. The van der Waals surface area contributed by atoms with Gasteiger partial charge in [0.2, 0.25) is 13.1 Å². The molecule has 5 saturated heterocycles. The molecule has 0 saturated carbocycles. The molecule has 0 radical (unpaired) electrons. The molecule has 5 fully saturated rings. The van der Waals surface area contributed by atoms with Crippen molar-refractivity contribution in [3.8, 4) is 0 Å². The summed E-state index contributed by atoms with van der Waals surface area (Å²) >= 11 is 1.01. The summed E-state index contributed by atoms with van der Waals surface area (Å²) in [6.07, 6.45) is 0.679. The van der Waals surface area contributed by atoms with Crippen molar-refractivity contribution in [1.29, 1.82) is 0 Å². The standard InChI is InChI=1S/C17H22FN3O2.C17H25FN2O5S.C16H23FN2O3.C12H14FN3.C11H15FN2O/c1-17(2,3)23-16(22)21-9-7-20(8-10-21)15-11-13(12-19-4)5-6-14(15)18;1-17(2,3)23-16(21)20-9-7-19(8-10-20)15-11-13(5-6-14(15)18)12-22-24-25-26-4;1-16(2,3)22-15(21)19-8-6-18(7-9-19)14-10-12(11-20)4-5-13(14)17;1-14-9-10-2-3-11(13)12(8-10)16-6-4-15-5-7-16;12-10-2-1-9(8-15)7-11(10)14-5-3-13-4-6-14/h5-6,11H,7-10,12H2,1-3H3;5-6,11H,7-10,12H2,1-4H3;4-5,10,20H,6-9,11H2,1-3H3;2-3,8,15H,4-7,9H2;1-2,7,13,15H,3-6,8H2. The number of hydrogen-bond acceptors (Lipinski definition) is 19. The fourth-order valence-electron chi connectivity index (χ4n) is 11.0. The van der Waals surface area contributed by atoms with Gasteiger partial charge in [-0.3, -0.25) is 0 Å². The molecular weight excluding hydrogens is 1350 g/mol. The Bertz CT molecular complexity index is 3560. The fraction of sp³-hybridized carbons (Fsp3) is 0.521. The topological polar surface area (TPSA) is 206 Å². The van der Waals surface area contributed by atoms with Crippen molar-refractivity contribution in [3.05, 3.63) is 171 Å². The number of amides is 3. The highest BCUT2D eigenvalue weighted by Gasteiger charge is 2.31. The lowest BCUT2D eigenvalue weighted by Crippen LogP contribution is -2.50. The van der Waals surface area contributed by atoms with Gasteiger partial charge in [0, 0.05) is 160 Å². The highest BCUT2D eigenvalue weighted by Crippen LogP contribution is 2.29. The molecule has 29 heteroatoms. The summed E-state index contributed by atoms with van der Waals surface area (Å²) in [7, 11) is 0. The number of ether oxygens (including phenoxy) is 3. The zero-order chi connectivity index (χ0) is 74.6. The number of rotatable bonds is 14. The van der Waals surface area contributed by atoms with Crippen LogP contribution in [-0.4, -0.2) is 197 Å². The highest BCUT2D eigenvalue weighted by molar-refractivity contribution is 7.93. The van der Waals surface area contributed by atoms with Crippen molar-refractivity contribution in [2.24, 2.45) is 0 Å². The van der Waals surface area contributed by atoms with E-state index in [0.717, 1.165) is 86.7 Å². The van der Waals surface area contributed by atoms with Crippen LogP contribution in [0.15, 0.2) is 91.0 Å². The molecule has 0 aliphatic carbocycles. The highest BCUT2D eigenvalue weighted by atomic mass is 32.2. The Hall–Kier alpha value is -8.39. The van der Waals surface area contributed by atoms with Gasteiger partial charge in [0.05, 0.1) is 41.7 Å². The number of aliphatic hydroxyl groups excluding tert-OH is 2. The van der Waals surface area contributed by atoms with Crippen LogP contribution in [0.3, 0.4) is 0 Å².